The van der Waals surface area contributed by atoms with E-state index in [0.29, 0.717) is 10.9 Å². The van der Waals surface area contributed by atoms with Crippen molar-refractivity contribution in [2.75, 3.05) is 31.1 Å². The third kappa shape index (κ3) is 3.90. The highest BCUT2D eigenvalue weighted by Gasteiger charge is 2.31. The van der Waals surface area contributed by atoms with Gasteiger partial charge in [0.25, 0.3) is 0 Å². The van der Waals surface area contributed by atoms with Crippen molar-refractivity contribution in [2.45, 2.75) is 26.1 Å². The molecule has 0 radical (unpaired) electrons. The van der Waals surface area contributed by atoms with E-state index in [-0.39, 0.29) is 5.75 Å². The van der Waals surface area contributed by atoms with Crippen molar-refractivity contribution in [3.8, 4) is 5.75 Å². The average molecular weight is 339 g/mol. The van der Waals surface area contributed by atoms with Gasteiger partial charge in [-0.05, 0) is 30.7 Å². The molecule has 1 aromatic heterocycles. The molecule has 24 heavy (non-hydrogen) atoms. The number of benzene rings is 1. The molecule has 0 aliphatic carbocycles. The van der Waals surface area contributed by atoms with Gasteiger partial charge in [0.1, 0.15) is 5.75 Å². The fourth-order valence-corrected chi connectivity index (χ4v) is 2.99. The van der Waals surface area contributed by atoms with Gasteiger partial charge in [0.15, 0.2) is 0 Å². The molecular formula is C17H20F3N3O. The van der Waals surface area contributed by atoms with Gasteiger partial charge in [0.05, 0.1) is 5.52 Å². The van der Waals surface area contributed by atoms with Crippen LogP contribution >= 0.6 is 0 Å². The van der Waals surface area contributed by atoms with Crippen molar-refractivity contribution in [1.82, 2.24) is 10.3 Å². The number of pyridine rings is 1. The molecule has 1 saturated heterocycles. The Morgan fingerprint density at radius 2 is 1.96 bits per heavy atom. The van der Waals surface area contributed by atoms with E-state index in [4.69, 9.17) is 0 Å². The van der Waals surface area contributed by atoms with Crippen LogP contribution in [0.2, 0.25) is 0 Å². The maximum absolute atomic E-state index is 12.5. The summed E-state index contributed by atoms with van der Waals surface area (Å²) in [5.41, 5.74) is 2.59. The average Bonchev–Trinajstić information content (AvgIpc) is 2.54. The molecule has 0 atom stereocenters. The number of rotatable bonds is 4. The number of halogens is 3. The molecule has 2 heterocycles. The predicted octanol–water partition coefficient (Wildman–Crippen LogP) is 3.50. The second kappa shape index (κ2) is 6.84. The number of aryl methyl sites for hydroxylation is 1. The van der Waals surface area contributed by atoms with Crippen LogP contribution in [-0.4, -0.2) is 37.5 Å². The fraction of sp³-hybridized carbons (Fsp3) is 0.471. The monoisotopic (exact) mass is 339 g/mol. The number of alkyl halides is 3. The van der Waals surface area contributed by atoms with E-state index in [1.54, 1.807) is 6.07 Å². The number of fused-ring (bicyclic) bond motifs is 1. The predicted molar refractivity (Wildman–Crippen MR) is 87.5 cm³/mol. The maximum atomic E-state index is 12.5. The molecule has 0 bridgehead atoms. The first-order chi connectivity index (χ1) is 11.5. The first-order valence-corrected chi connectivity index (χ1v) is 8.11. The topological polar surface area (TPSA) is 37.4 Å². The lowest BCUT2D eigenvalue weighted by molar-refractivity contribution is -0.274. The number of nitrogens with one attached hydrogen (secondary N) is 1. The van der Waals surface area contributed by atoms with Crippen LogP contribution in [0.4, 0.5) is 18.9 Å². The molecule has 0 amide bonds. The fourth-order valence-electron chi connectivity index (χ4n) is 2.99. The Morgan fingerprint density at radius 3 is 2.62 bits per heavy atom. The van der Waals surface area contributed by atoms with Gasteiger partial charge in [-0.3, -0.25) is 4.98 Å². The van der Waals surface area contributed by atoms with Gasteiger partial charge < -0.3 is 15.0 Å². The largest absolute Gasteiger partial charge is 0.573 e. The minimum absolute atomic E-state index is 0.212. The van der Waals surface area contributed by atoms with E-state index in [9.17, 15) is 13.2 Å². The molecule has 0 saturated carbocycles. The summed E-state index contributed by atoms with van der Waals surface area (Å²) in [6.45, 7) is 5.41. The Balaban J connectivity index is 2.07. The number of aromatic nitrogens is 1. The summed E-state index contributed by atoms with van der Waals surface area (Å²) in [7, 11) is 0. The molecular weight excluding hydrogens is 319 g/mol. The molecule has 7 heteroatoms. The normalized spacial score (nSPS) is 15.8. The highest BCUT2D eigenvalue weighted by molar-refractivity contribution is 5.93. The number of anilines is 1. The quantitative estimate of drug-likeness (QED) is 0.925. The van der Waals surface area contributed by atoms with Crippen molar-refractivity contribution in [2.24, 2.45) is 0 Å². The Kier molecular flexibility index (Phi) is 4.80. The molecule has 0 unspecified atom stereocenters. The van der Waals surface area contributed by atoms with Crippen LogP contribution < -0.4 is 15.0 Å². The Hall–Kier alpha value is -2.02. The van der Waals surface area contributed by atoms with Gasteiger partial charge >= 0.3 is 6.36 Å². The summed E-state index contributed by atoms with van der Waals surface area (Å²) in [4.78, 5) is 6.77. The van der Waals surface area contributed by atoms with Crippen LogP contribution in [0.5, 0.6) is 5.75 Å². The third-order valence-electron chi connectivity index (χ3n) is 4.01. The second-order valence-corrected chi connectivity index (χ2v) is 5.85. The number of nitrogens with zero attached hydrogens (tertiary/aromatic N) is 2. The molecule has 1 aliphatic heterocycles. The zero-order chi connectivity index (χ0) is 17.2. The zero-order valence-corrected chi connectivity index (χ0v) is 13.5. The van der Waals surface area contributed by atoms with Gasteiger partial charge in [0, 0.05) is 42.9 Å². The first-order valence-electron chi connectivity index (χ1n) is 8.11. The molecule has 1 fully saturated rings. The van der Waals surface area contributed by atoms with Crippen molar-refractivity contribution in [1.29, 1.82) is 0 Å². The van der Waals surface area contributed by atoms with Gasteiger partial charge in [-0.1, -0.05) is 13.3 Å². The van der Waals surface area contributed by atoms with Crippen LogP contribution in [0.3, 0.4) is 0 Å². The van der Waals surface area contributed by atoms with Crippen LogP contribution in [0.25, 0.3) is 10.9 Å². The smallest absolute Gasteiger partial charge is 0.406 e. The molecule has 3 rings (SSSR count). The number of ether oxygens (including phenoxy) is 1. The Morgan fingerprint density at radius 1 is 1.21 bits per heavy atom. The number of piperazine rings is 1. The second-order valence-electron chi connectivity index (χ2n) is 5.85. The summed E-state index contributed by atoms with van der Waals surface area (Å²) in [5, 5.41) is 3.98. The van der Waals surface area contributed by atoms with E-state index >= 15 is 0 Å². The summed E-state index contributed by atoms with van der Waals surface area (Å²) in [5.74, 6) is -0.212. The third-order valence-corrected chi connectivity index (χ3v) is 4.01. The lowest BCUT2D eigenvalue weighted by Gasteiger charge is -2.30. The first kappa shape index (κ1) is 16.8. The van der Waals surface area contributed by atoms with Crippen molar-refractivity contribution >= 4 is 16.6 Å². The van der Waals surface area contributed by atoms with Crippen LogP contribution in [-0.2, 0) is 6.42 Å². The Labute approximate surface area is 138 Å². The highest BCUT2D eigenvalue weighted by atomic mass is 19.4. The van der Waals surface area contributed by atoms with Crippen molar-refractivity contribution in [3.05, 3.63) is 30.0 Å². The van der Waals surface area contributed by atoms with E-state index in [1.165, 1.54) is 12.1 Å². The highest BCUT2D eigenvalue weighted by Crippen LogP contribution is 2.32. The summed E-state index contributed by atoms with van der Waals surface area (Å²) < 4.78 is 41.6. The number of hydrogen-bond donors (Lipinski definition) is 1. The van der Waals surface area contributed by atoms with Crippen LogP contribution in [0.1, 0.15) is 19.0 Å². The molecule has 1 N–H and O–H groups in total. The van der Waals surface area contributed by atoms with Crippen LogP contribution in [0.15, 0.2) is 24.3 Å². The zero-order valence-electron chi connectivity index (χ0n) is 13.5. The van der Waals surface area contributed by atoms with E-state index < -0.39 is 6.36 Å². The van der Waals surface area contributed by atoms with Gasteiger partial charge in [0.2, 0.25) is 0 Å². The van der Waals surface area contributed by atoms with Crippen LogP contribution in [0, 0.1) is 0 Å². The van der Waals surface area contributed by atoms with E-state index in [1.807, 2.05) is 6.07 Å². The Bertz CT molecular complexity index is 712. The van der Waals surface area contributed by atoms with E-state index in [2.05, 4.69) is 26.9 Å². The number of hydrogen-bond acceptors (Lipinski definition) is 4. The molecule has 130 valence electrons. The van der Waals surface area contributed by atoms with Gasteiger partial charge in [-0.25, -0.2) is 0 Å². The van der Waals surface area contributed by atoms with E-state index in [0.717, 1.165) is 50.4 Å². The minimum Gasteiger partial charge on any atom is -0.406 e. The molecule has 0 spiro atoms. The molecule has 2 aromatic rings. The molecule has 4 nitrogen and oxygen atoms in total. The molecule has 1 aliphatic rings. The summed E-state index contributed by atoms with van der Waals surface area (Å²) in [6.07, 6.45) is -2.89. The summed E-state index contributed by atoms with van der Waals surface area (Å²) in [6, 6.07) is 6.35. The standard InChI is InChI=1S/C17H20F3N3O/c1-2-3-12-10-16(23-8-6-21-7-9-23)14-11-13(24-17(18,19)20)4-5-15(14)22-12/h4-5,10-11,21H,2-3,6-9H2,1H3. The van der Waals surface area contributed by atoms with Crippen molar-refractivity contribution in [3.63, 3.8) is 0 Å². The SMILES string of the molecule is CCCc1cc(N2CCNCC2)c2cc(OC(F)(F)F)ccc2n1. The molecule has 1 aromatic carbocycles. The van der Waals surface area contributed by atoms with Gasteiger partial charge in [-0.15, -0.1) is 13.2 Å². The lowest BCUT2D eigenvalue weighted by atomic mass is 10.1. The van der Waals surface area contributed by atoms with Crippen molar-refractivity contribution < 1.29 is 17.9 Å². The minimum atomic E-state index is -4.70. The summed E-state index contributed by atoms with van der Waals surface area (Å²) >= 11 is 0. The van der Waals surface area contributed by atoms with Gasteiger partial charge in [-0.2, -0.15) is 0 Å². The lowest BCUT2D eigenvalue weighted by Crippen LogP contribution is -2.43. The maximum Gasteiger partial charge on any atom is 0.573 e.